The molecule has 3 aromatic rings. The number of pyridine rings is 1. The number of hydrogen-bond acceptors (Lipinski definition) is 12. The van der Waals surface area contributed by atoms with Gasteiger partial charge in [-0.3, -0.25) is 0 Å². The minimum absolute atomic E-state index is 0.146. The number of aromatic nitrogens is 4. The van der Waals surface area contributed by atoms with Crippen LogP contribution in [-0.2, 0) is 9.47 Å². The zero-order valence-electron chi connectivity index (χ0n) is 19.8. The lowest BCUT2D eigenvalue weighted by molar-refractivity contribution is 0.197. The van der Waals surface area contributed by atoms with Crippen LogP contribution < -0.4 is 10.6 Å². The van der Waals surface area contributed by atoms with Gasteiger partial charge >= 0.3 is 0 Å². The highest BCUT2D eigenvalue weighted by Crippen LogP contribution is 2.35. The molecule has 0 aromatic carbocycles. The number of azo groups is 1. The first-order valence-corrected chi connectivity index (χ1v) is 11.7. The summed E-state index contributed by atoms with van der Waals surface area (Å²) >= 11 is 1.38. The van der Waals surface area contributed by atoms with E-state index >= 15 is 0 Å². The number of nitrogens with zero attached hydrogens (tertiary/aromatic N) is 8. The van der Waals surface area contributed by atoms with Crippen LogP contribution in [0, 0.1) is 29.6 Å². The van der Waals surface area contributed by atoms with E-state index < -0.39 is 0 Å². The first kappa shape index (κ1) is 25.7. The molecule has 2 N–H and O–H groups in total. The molecule has 3 rings (SSSR count). The highest BCUT2D eigenvalue weighted by Gasteiger charge is 2.18. The number of ether oxygens (including phenoxy) is 2. The maximum absolute atomic E-state index is 9.81. The fourth-order valence-corrected chi connectivity index (χ4v) is 3.66. The van der Waals surface area contributed by atoms with Crippen molar-refractivity contribution in [2.75, 3.05) is 51.2 Å². The van der Waals surface area contributed by atoms with E-state index in [0.717, 1.165) is 12.8 Å². The zero-order valence-corrected chi connectivity index (χ0v) is 20.6. The van der Waals surface area contributed by atoms with Crippen LogP contribution in [0.1, 0.15) is 29.5 Å². The molecular weight excluding hydrogens is 468 g/mol. The Balaban J connectivity index is 1.96. The van der Waals surface area contributed by atoms with Crippen molar-refractivity contribution in [3.63, 3.8) is 0 Å². The van der Waals surface area contributed by atoms with Gasteiger partial charge in [-0.25, -0.2) is 14.6 Å². The van der Waals surface area contributed by atoms with Gasteiger partial charge in [0.05, 0.1) is 11.8 Å². The predicted molar refractivity (Wildman–Crippen MR) is 132 cm³/mol. The van der Waals surface area contributed by atoms with Crippen molar-refractivity contribution in [1.82, 2.24) is 19.7 Å². The Morgan fingerprint density at radius 2 is 1.77 bits per heavy atom. The first-order chi connectivity index (χ1) is 17.1. The Hall–Kier alpha value is -3.91. The van der Waals surface area contributed by atoms with Gasteiger partial charge in [0.1, 0.15) is 29.2 Å². The molecule has 12 nitrogen and oxygen atoms in total. The Bertz CT molecular complexity index is 1220. The van der Waals surface area contributed by atoms with Crippen LogP contribution in [0.4, 0.5) is 23.1 Å². The van der Waals surface area contributed by atoms with E-state index in [-0.39, 0.29) is 11.4 Å². The minimum atomic E-state index is 0.146. The lowest BCUT2D eigenvalue weighted by atomic mass is 10.1. The molecular formula is C22H26N10O2S. The van der Waals surface area contributed by atoms with Gasteiger partial charge in [-0.15, -0.1) is 26.7 Å². The van der Waals surface area contributed by atoms with Gasteiger partial charge in [-0.2, -0.15) is 10.5 Å². The second-order valence-corrected chi connectivity index (χ2v) is 8.13. The van der Waals surface area contributed by atoms with E-state index in [9.17, 15) is 10.5 Å². The van der Waals surface area contributed by atoms with Gasteiger partial charge in [0.25, 0.3) is 0 Å². The van der Waals surface area contributed by atoms with Crippen LogP contribution >= 0.6 is 11.3 Å². The van der Waals surface area contributed by atoms with Gasteiger partial charge in [0, 0.05) is 57.7 Å². The lowest BCUT2D eigenvalue weighted by Crippen LogP contribution is -2.12. The number of nitriles is 2. The molecule has 0 aliphatic heterocycles. The molecule has 3 heterocycles. The summed E-state index contributed by atoms with van der Waals surface area (Å²) < 4.78 is 11.7. The van der Waals surface area contributed by atoms with Crippen molar-refractivity contribution >= 4 is 34.5 Å². The van der Waals surface area contributed by atoms with Crippen LogP contribution in [0.15, 0.2) is 28.0 Å². The van der Waals surface area contributed by atoms with Crippen molar-refractivity contribution in [2.24, 2.45) is 10.2 Å². The van der Waals surface area contributed by atoms with Crippen molar-refractivity contribution in [3.8, 4) is 17.3 Å². The quantitative estimate of drug-likeness (QED) is 0.263. The molecule has 0 fully saturated rings. The molecule has 0 saturated carbocycles. The third kappa shape index (κ3) is 6.58. The summed E-state index contributed by atoms with van der Waals surface area (Å²) in [5, 5.41) is 41.2. The average Bonchev–Trinajstić information content (AvgIpc) is 3.54. The zero-order chi connectivity index (χ0) is 25.0. The maximum Gasteiger partial charge on any atom is 0.213 e. The Morgan fingerprint density at radius 1 is 1.06 bits per heavy atom. The fraction of sp³-hybridized carbons (Fsp3) is 0.409. The summed E-state index contributed by atoms with van der Waals surface area (Å²) in [6.07, 6.45) is 4.72. The molecule has 0 aliphatic rings. The van der Waals surface area contributed by atoms with Gasteiger partial charge < -0.3 is 20.1 Å². The highest BCUT2D eigenvalue weighted by atomic mass is 32.1. The topological polar surface area (TPSA) is 158 Å². The van der Waals surface area contributed by atoms with Crippen LogP contribution in [0.25, 0.3) is 5.13 Å². The van der Waals surface area contributed by atoms with E-state index in [1.165, 1.54) is 16.0 Å². The largest absolute Gasteiger partial charge is 0.385 e. The lowest BCUT2D eigenvalue weighted by Gasteiger charge is -2.15. The van der Waals surface area contributed by atoms with Crippen LogP contribution in [0.2, 0.25) is 0 Å². The summed E-state index contributed by atoms with van der Waals surface area (Å²) in [6, 6.07) is 4.29. The van der Waals surface area contributed by atoms with Crippen molar-refractivity contribution < 1.29 is 9.47 Å². The van der Waals surface area contributed by atoms with Crippen LogP contribution in [0.5, 0.6) is 0 Å². The summed E-state index contributed by atoms with van der Waals surface area (Å²) in [7, 11) is 3.28. The third-order valence-corrected chi connectivity index (χ3v) is 5.60. The van der Waals surface area contributed by atoms with E-state index in [2.05, 4.69) is 48.1 Å². The molecule has 0 amide bonds. The third-order valence-electron chi connectivity index (χ3n) is 4.84. The Kier molecular flexibility index (Phi) is 9.62. The Morgan fingerprint density at radius 3 is 2.37 bits per heavy atom. The monoisotopic (exact) mass is 494 g/mol. The fourth-order valence-electron chi connectivity index (χ4n) is 3.09. The Labute approximate surface area is 207 Å². The van der Waals surface area contributed by atoms with Crippen molar-refractivity contribution in [1.29, 1.82) is 10.5 Å². The number of hydrogen-bond donors (Lipinski definition) is 2. The van der Waals surface area contributed by atoms with E-state index in [1.54, 1.807) is 33.5 Å². The number of anilines is 2. The molecule has 0 radical (unpaired) electrons. The van der Waals surface area contributed by atoms with E-state index in [4.69, 9.17) is 9.47 Å². The number of thiazole rings is 1. The molecule has 35 heavy (non-hydrogen) atoms. The molecule has 3 aromatic heterocycles. The first-order valence-electron chi connectivity index (χ1n) is 10.8. The smallest absolute Gasteiger partial charge is 0.213 e. The van der Waals surface area contributed by atoms with Crippen LogP contribution in [0.3, 0.4) is 0 Å². The highest BCUT2D eigenvalue weighted by molar-refractivity contribution is 7.12. The molecule has 182 valence electrons. The molecule has 0 unspecified atom stereocenters. The van der Waals surface area contributed by atoms with Gasteiger partial charge in [0.2, 0.25) is 10.9 Å². The van der Waals surface area contributed by atoms with E-state index in [0.29, 0.717) is 59.9 Å². The van der Waals surface area contributed by atoms with Crippen LogP contribution in [-0.4, -0.2) is 60.3 Å². The predicted octanol–water partition coefficient (Wildman–Crippen LogP) is 4.09. The second-order valence-electron chi connectivity index (χ2n) is 7.25. The molecule has 0 atom stereocenters. The summed E-state index contributed by atoms with van der Waals surface area (Å²) in [5.74, 6) is 1.07. The SMILES string of the molecule is COCCCNc1nc(NCCCOC)c(N=Nc2nn(-c3nccs3)cc2C#N)c(C)c1C#N. The maximum atomic E-state index is 9.81. The summed E-state index contributed by atoms with van der Waals surface area (Å²) in [5.41, 5.74) is 1.62. The van der Waals surface area contributed by atoms with Gasteiger partial charge in [-0.05, 0) is 19.8 Å². The van der Waals surface area contributed by atoms with E-state index in [1.807, 2.05) is 5.38 Å². The normalized spacial score (nSPS) is 10.9. The second kappa shape index (κ2) is 13.1. The molecule has 0 aliphatic carbocycles. The van der Waals surface area contributed by atoms with Crippen molar-refractivity contribution in [3.05, 3.63) is 34.5 Å². The molecule has 0 saturated heterocycles. The average molecular weight is 495 g/mol. The summed E-state index contributed by atoms with van der Waals surface area (Å²) in [6.45, 7) is 4.14. The minimum Gasteiger partial charge on any atom is -0.385 e. The summed E-state index contributed by atoms with van der Waals surface area (Å²) in [4.78, 5) is 8.82. The van der Waals surface area contributed by atoms with Crippen molar-refractivity contribution in [2.45, 2.75) is 19.8 Å². The molecule has 0 spiro atoms. The standard InChI is InChI=1S/C22H26N10O2S/c1-15-17(13-24)20(25-6-4-9-33-2)28-21(26-7-5-10-34-3)18(15)29-30-19-16(12-23)14-32(31-19)22-27-8-11-35-22/h8,11,14H,4-7,9-10H2,1-3H3,(H2,25,26,28). The number of rotatable bonds is 13. The molecule has 0 bridgehead atoms. The molecule has 13 heteroatoms. The number of methoxy groups -OCH3 is 2. The number of nitrogens with one attached hydrogen (secondary N) is 2. The van der Waals surface area contributed by atoms with Gasteiger partial charge in [0.15, 0.2) is 5.82 Å². The van der Waals surface area contributed by atoms with Gasteiger partial charge in [-0.1, -0.05) is 0 Å².